The van der Waals surface area contributed by atoms with E-state index in [9.17, 15) is 22.8 Å². The minimum Gasteiger partial charge on any atom is -0.325 e. The lowest BCUT2D eigenvalue weighted by atomic mass is 10.1. The molecule has 2 N–H and O–H groups in total. The molecule has 0 saturated heterocycles. The number of nitrogens with one attached hydrogen (secondary N) is 2. The van der Waals surface area contributed by atoms with Crippen LogP contribution >= 0.6 is 23.5 Å². The molecule has 0 fully saturated rings. The van der Waals surface area contributed by atoms with Crippen molar-refractivity contribution >= 4 is 35.1 Å². The smallest absolute Gasteiger partial charge is 0.325 e. The molecule has 1 aliphatic rings. The highest BCUT2D eigenvalue weighted by molar-refractivity contribution is 8.00. The van der Waals surface area contributed by atoms with E-state index >= 15 is 0 Å². The second-order valence-corrected chi connectivity index (χ2v) is 8.01. The fourth-order valence-electron chi connectivity index (χ4n) is 2.60. The number of hydrogen-bond acceptors (Lipinski definition) is 5. The highest BCUT2D eigenvalue weighted by atomic mass is 32.2. The number of nitrogens with zero attached hydrogens (tertiary/aromatic N) is 1. The second-order valence-electron chi connectivity index (χ2n) is 5.84. The largest absolute Gasteiger partial charge is 0.418 e. The number of amides is 1. The van der Waals surface area contributed by atoms with Gasteiger partial charge in [0.15, 0.2) is 5.16 Å². The first-order chi connectivity index (χ1) is 12.8. The summed E-state index contributed by atoms with van der Waals surface area (Å²) in [6.07, 6.45) is -4.20. The zero-order valence-corrected chi connectivity index (χ0v) is 15.9. The van der Waals surface area contributed by atoms with E-state index in [1.54, 1.807) is 18.7 Å². The number of fused-ring (bicyclic) bond motifs is 1. The average Bonchev–Trinajstić information content (AvgIpc) is 3.08. The Morgan fingerprint density at radius 1 is 1.37 bits per heavy atom. The third kappa shape index (κ3) is 4.49. The summed E-state index contributed by atoms with van der Waals surface area (Å²) >= 11 is 2.63. The van der Waals surface area contributed by atoms with E-state index in [0.29, 0.717) is 34.3 Å². The number of H-pyrrole nitrogens is 1. The molecule has 1 atom stereocenters. The van der Waals surface area contributed by atoms with E-state index in [4.69, 9.17) is 0 Å². The molecule has 1 aliphatic heterocycles. The first-order valence-electron chi connectivity index (χ1n) is 8.13. The summed E-state index contributed by atoms with van der Waals surface area (Å²) in [5.74, 6) is 0.667. The molecule has 2 heterocycles. The fourth-order valence-corrected chi connectivity index (χ4v) is 4.56. The number of alkyl halides is 3. The Morgan fingerprint density at radius 2 is 2.11 bits per heavy atom. The van der Waals surface area contributed by atoms with Crippen LogP contribution in [0.25, 0.3) is 0 Å². The van der Waals surface area contributed by atoms with Crippen molar-refractivity contribution in [1.29, 1.82) is 0 Å². The lowest BCUT2D eigenvalue weighted by Crippen LogP contribution is -2.27. The van der Waals surface area contributed by atoms with Gasteiger partial charge in [-0.1, -0.05) is 30.8 Å². The number of aromatic nitrogens is 2. The highest BCUT2D eigenvalue weighted by Gasteiger charge is 2.34. The van der Waals surface area contributed by atoms with Crippen molar-refractivity contribution in [1.82, 2.24) is 9.97 Å². The molecular weight excluding hydrogens is 399 g/mol. The summed E-state index contributed by atoms with van der Waals surface area (Å²) < 4.78 is 39.3. The van der Waals surface area contributed by atoms with Crippen LogP contribution in [0, 0.1) is 0 Å². The molecule has 10 heteroatoms. The third-order valence-corrected chi connectivity index (χ3v) is 6.19. The van der Waals surface area contributed by atoms with Crippen LogP contribution in [-0.2, 0) is 22.5 Å². The summed E-state index contributed by atoms with van der Waals surface area (Å²) in [6, 6.07) is 4.82. The average molecular weight is 415 g/mol. The van der Waals surface area contributed by atoms with Crippen LogP contribution in [0.4, 0.5) is 18.9 Å². The Kier molecular flexibility index (Phi) is 5.85. The molecule has 0 spiro atoms. The molecule has 1 aromatic heterocycles. The first kappa shape index (κ1) is 19.8. The molecule has 0 bridgehead atoms. The van der Waals surface area contributed by atoms with Gasteiger partial charge in [-0.15, -0.1) is 0 Å². The normalized spacial score (nSPS) is 14.7. The molecule has 0 saturated carbocycles. The van der Waals surface area contributed by atoms with Crippen molar-refractivity contribution in [3.63, 3.8) is 0 Å². The van der Waals surface area contributed by atoms with Crippen LogP contribution < -0.4 is 10.9 Å². The van der Waals surface area contributed by atoms with Crippen molar-refractivity contribution in [2.75, 3.05) is 5.32 Å². The number of hydrogen-bond donors (Lipinski definition) is 2. The van der Waals surface area contributed by atoms with Gasteiger partial charge in [-0.2, -0.15) is 24.9 Å². The number of aromatic amines is 1. The molecule has 27 heavy (non-hydrogen) atoms. The number of thioether (sulfide) groups is 2. The van der Waals surface area contributed by atoms with Crippen molar-refractivity contribution in [3.05, 3.63) is 51.4 Å². The highest BCUT2D eigenvalue weighted by Crippen LogP contribution is 2.35. The lowest BCUT2D eigenvalue weighted by Gasteiger charge is -2.17. The molecule has 1 amide bonds. The van der Waals surface area contributed by atoms with Gasteiger partial charge in [-0.05, 0) is 18.6 Å². The number of rotatable bonds is 5. The first-order valence-corrected chi connectivity index (χ1v) is 10.2. The number of benzene rings is 1. The third-order valence-electron chi connectivity index (χ3n) is 3.97. The maximum atomic E-state index is 13.1. The van der Waals surface area contributed by atoms with Gasteiger partial charge in [-0.3, -0.25) is 9.59 Å². The van der Waals surface area contributed by atoms with Crippen LogP contribution in [0.3, 0.4) is 0 Å². The van der Waals surface area contributed by atoms with E-state index in [1.165, 1.54) is 18.2 Å². The minimum atomic E-state index is -4.57. The predicted molar refractivity (Wildman–Crippen MR) is 99.9 cm³/mol. The molecule has 5 nitrogen and oxygen atoms in total. The van der Waals surface area contributed by atoms with Crippen LogP contribution in [0.1, 0.15) is 30.2 Å². The van der Waals surface area contributed by atoms with Crippen LogP contribution in [0.2, 0.25) is 0 Å². The van der Waals surface area contributed by atoms with Gasteiger partial charge in [0, 0.05) is 17.1 Å². The van der Waals surface area contributed by atoms with E-state index in [0.717, 1.165) is 17.8 Å². The Labute approximate surface area is 161 Å². The van der Waals surface area contributed by atoms with Gasteiger partial charge in [0.1, 0.15) is 0 Å². The molecule has 1 aromatic carbocycles. The van der Waals surface area contributed by atoms with Crippen LogP contribution in [0.5, 0.6) is 0 Å². The van der Waals surface area contributed by atoms with Gasteiger partial charge in [0.2, 0.25) is 5.91 Å². The summed E-state index contributed by atoms with van der Waals surface area (Å²) in [7, 11) is 0. The van der Waals surface area contributed by atoms with E-state index in [1.807, 2.05) is 0 Å². The lowest BCUT2D eigenvalue weighted by molar-refractivity contribution is -0.137. The molecular formula is C17H16F3N3O2S2. The van der Waals surface area contributed by atoms with Crippen LogP contribution in [0.15, 0.2) is 34.2 Å². The topological polar surface area (TPSA) is 74.8 Å². The SMILES string of the molecule is CCC(Sc1nc2c(c(=O)[nH]1)CSC2)C(=O)Nc1ccccc1C(F)(F)F. The molecule has 0 radical (unpaired) electrons. The maximum Gasteiger partial charge on any atom is 0.418 e. The number of halogens is 3. The summed E-state index contributed by atoms with van der Waals surface area (Å²) in [6.45, 7) is 1.74. The summed E-state index contributed by atoms with van der Waals surface area (Å²) in [4.78, 5) is 31.6. The van der Waals surface area contributed by atoms with Gasteiger partial charge in [0.25, 0.3) is 5.56 Å². The van der Waals surface area contributed by atoms with Gasteiger partial charge in [-0.25, -0.2) is 4.98 Å². The predicted octanol–water partition coefficient (Wildman–Crippen LogP) is 4.04. The minimum absolute atomic E-state index is 0.231. The number of para-hydroxylation sites is 1. The fraction of sp³-hybridized carbons (Fsp3) is 0.353. The maximum absolute atomic E-state index is 13.1. The van der Waals surface area contributed by atoms with Gasteiger partial charge < -0.3 is 10.3 Å². The van der Waals surface area contributed by atoms with E-state index in [-0.39, 0.29) is 11.2 Å². The summed E-state index contributed by atoms with van der Waals surface area (Å²) in [5, 5.41) is 1.96. The quantitative estimate of drug-likeness (QED) is 0.569. The molecule has 3 rings (SSSR count). The Bertz CT molecular complexity index is 915. The second kappa shape index (κ2) is 7.97. The standard InChI is InChI=1S/C17H16F3N3O2S2/c1-2-13(27-16-22-12-8-26-7-9(12)14(24)23-16)15(25)21-11-6-4-3-5-10(11)17(18,19)20/h3-6,13H,2,7-8H2,1H3,(H,21,25)(H,22,23,24). The Hall–Kier alpha value is -1.94. The van der Waals surface area contributed by atoms with Crippen molar-refractivity contribution in [2.24, 2.45) is 0 Å². The number of carbonyl (C=O) groups is 1. The van der Waals surface area contributed by atoms with E-state index in [2.05, 4.69) is 15.3 Å². The zero-order valence-electron chi connectivity index (χ0n) is 14.2. The number of carbonyl (C=O) groups excluding carboxylic acids is 1. The zero-order chi connectivity index (χ0) is 19.6. The Morgan fingerprint density at radius 3 is 2.81 bits per heavy atom. The molecule has 144 valence electrons. The molecule has 2 aromatic rings. The van der Waals surface area contributed by atoms with Gasteiger partial charge >= 0.3 is 6.18 Å². The van der Waals surface area contributed by atoms with Gasteiger partial charge in [0.05, 0.1) is 22.2 Å². The monoisotopic (exact) mass is 415 g/mol. The molecule has 1 unspecified atom stereocenters. The van der Waals surface area contributed by atoms with Crippen LogP contribution in [-0.4, -0.2) is 21.1 Å². The van der Waals surface area contributed by atoms with E-state index < -0.39 is 22.9 Å². The Balaban J connectivity index is 1.78. The molecule has 0 aliphatic carbocycles. The van der Waals surface area contributed by atoms with Crippen molar-refractivity contribution in [2.45, 2.75) is 41.4 Å². The van der Waals surface area contributed by atoms with Crippen molar-refractivity contribution in [3.8, 4) is 0 Å². The summed E-state index contributed by atoms with van der Waals surface area (Å²) in [5.41, 5.74) is -0.0878. The van der Waals surface area contributed by atoms with Crippen molar-refractivity contribution < 1.29 is 18.0 Å². The number of anilines is 1.